The number of fused-ring (bicyclic) bond motifs is 1. The molecule has 1 aliphatic carbocycles. The van der Waals surface area contributed by atoms with Crippen LogP contribution in [0.2, 0.25) is 0 Å². The van der Waals surface area contributed by atoms with Crippen LogP contribution in [0.15, 0.2) is 48.5 Å². The van der Waals surface area contributed by atoms with Gasteiger partial charge in [-0.2, -0.15) is 0 Å². The summed E-state index contributed by atoms with van der Waals surface area (Å²) in [5.41, 5.74) is 1.90. The van der Waals surface area contributed by atoms with Gasteiger partial charge in [-0.1, -0.05) is 55.7 Å². The van der Waals surface area contributed by atoms with Crippen LogP contribution in [0.3, 0.4) is 0 Å². The first-order valence-electron chi connectivity index (χ1n) is 8.81. The highest BCUT2D eigenvalue weighted by atomic mass is 19.2. The molecule has 128 valence electrons. The van der Waals surface area contributed by atoms with Crippen molar-refractivity contribution < 1.29 is 13.2 Å². The Labute approximate surface area is 145 Å². The zero-order valence-electron chi connectivity index (χ0n) is 13.9. The maximum Gasteiger partial charge on any atom is 0.159 e. The third kappa shape index (κ3) is 3.04. The summed E-state index contributed by atoms with van der Waals surface area (Å²) in [6.07, 6.45) is 6.20. The summed E-state index contributed by atoms with van der Waals surface area (Å²) in [6.45, 7) is 0. The Morgan fingerprint density at radius 3 is 2.28 bits per heavy atom. The first kappa shape index (κ1) is 16.2. The smallest absolute Gasteiger partial charge is 0.159 e. The van der Waals surface area contributed by atoms with Gasteiger partial charge in [-0.05, 0) is 47.4 Å². The lowest BCUT2D eigenvalue weighted by Gasteiger charge is -2.22. The van der Waals surface area contributed by atoms with E-state index in [0.29, 0.717) is 16.9 Å². The lowest BCUT2D eigenvalue weighted by molar-refractivity contribution is 0.444. The van der Waals surface area contributed by atoms with Gasteiger partial charge in [0.05, 0.1) is 0 Å². The lowest BCUT2D eigenvalue weighted by atomic mass is 9.83. The molecule has 0 aromatic heterocycles. The minimum absolute atomic E-state index is 0.289. The van der Waals surface area contributed by atoms with Crippen molar-refractivity contribution in [2.75, 3.05) is 0 Å². The molecule has 0 radical (unpaired) electrons. The van der Waals surface area contributed by atoms with E-state index < -0.39 is 17.5 Å². The SMILES string of the molecule is Fc1ccc(-c2ccc3cc(C4CCCCC4)ccc3c2F)cc1F. The molecule has 3 heteroatoms. The molecule has 0 heterocycles. The Morgan fingerprint density at radius 2 is 1.52 bits per heavy atom. The molecular formula is C22H19F3. The van der Waals surface area contributed by atoms with E-state index in [1.165, 1.54) is 43.7 Å². The molecule has 0 saturated heterocycles. The highest BCUT2D eigenvalue weighted by Crippen LogP contribution is 2.36. The molecule has 0 bridgehead atoms. The fraction of sp³-hybridized carbons (Fsp3) is 0.273. The van der Waals surface area contributed by atoms with Crippen molar-refractivity contribution >= 4 is 10.8 Å². The quantitative estimate of drug-likeness (QED) is 0.472. The summed E-state index contributed by atoms with van der Waals surface area (Å²) < 4.78 is 41.5. The minimum atomic E-state index is -0.968. The lowest BCUT2D eigenvalue weighted by Crippen LogP contribution is -2.04. The van der Waals surface area contributed by atoms with E-state index in [1.54, 1.807) is 6.07 Å². The minimum Gasteiger partial charge on any atom is -0.206 e. The Hall–Kier alpha value is -2.29. The summed E-state index contributed by atoms with van der Waals surface area (Å²) >= 11 is 0. The topological polar surface area (TPSA) is 0 Å². The standard InChI is InChI=1S/C22H19F3/c23-20-11-8-17(13-21(20)24)19-10-7-16-12-15(6-9-18(16)22(19)25)14-4-2-1-3-5-14/h6-14H,1-5H2. The average molecular weight is 340 g/mol. The number of rotatable bonds is 2. The molecule has 0 N–H and O–H groups in total. The van der Waals surface area contributed by atoms with Crippen molar-refractivity contribution in [1.82, 2.24) is 0 Å². The predicted molar refractivity (Wildman–Crippen MR) is 95.1 cm³/mol. The Kier molecular flexibility index (Phi) is 4.24. The van der Waals surface area contributed by atoms with Gasteiger partial charge in [0.15, 0.2) is 11.6 Å². The van der Waals surface area contributed by atoms with Crippen LogP contribution in [0.4, 0.5) is 13.2 Å². The van der Waals surface area contributed by atoms with Crippen molar-refractivity contribution in [3.8, 4) is 11.1 Å². The number of hydrogen-bond acceptors (Lipinski definition) is 0. The van der Waals surface area contributed by atoms with Gasteiger partial charge < -0.3 is 0 Å². The molecule has 3 aromatic carbocycles. The zero-order chi connectivity index (χ0) is 17.4. The van der Waals surface area contributed by atoms with E-state index in [1.807, 2.05) is 18.2 Å². The van der Waals surface area contributed by atoms with Crippen LogP contribution in [0.1, 0.15) is 43.6 Å². The van der Waals surface area contributed by atoms with Crippen LogP contribution in [0.25, 0.3) is 21.9 Å². The molecule has 0 unspecified atom stereocenters. The van der Waals surface area contributed by atoms with Gasteiger partial charge in [0.2, 0.25) is 0 Å². The second kappa shape index (κ2) is 6.55. The summed E-state index contributed by atoms with van der Waals surface area (Å²) in [7, 11) is 0. The number of halogens is 3. The number of hydrogen-bond donors (Lipinski definition) is 0. The Bertz CT molecular complexity index is 924. The van der Waals surface area contributed by atoms with E-state index in [2.05, 4.69) is 6.07 Å². The van der Waals surface area contributed by atoms with Crippen molar-refractivity contribution in [3.05, 3.63) is 71.5 Å². The van der Waals surface area contributed by atoms with Crippen LogP contribution in [-0.4, -0.2) is 0 Å². The van der Waals surface area contributed by atoms with Crippen LogP contribution >= 0.6 is 0 Å². The average Bonchev–Trinajstić information content (AvgIpc) is 2.65. The van der Waals surface area contributed by atoms with E-state index in [9.17, 15) is 13.2 Å². The van der Waals surface area contributed by atoms with E-state index in [0.717, 1.165) is 17.5 Å². The fourth-order valence-corrected chi connectivity index (χ4v) is 3.89. The maximum absolute atomic E-state index is 14.9. The molecule has 1 aliphatic rings. The van der Waals surface area contributed by atoms with Gasteiger partial charge in [0, 0.05) is 10.9 Å². The summed E-state index contributed by atoms with van der Waals surface area (Å²) in [5, 5.41) is 1.37. The van der Waals surface area contributed by atoms with Crippen molar-refractivity contribution in [2.24, 2.45) is 0 Å². The van der Waals surface area contributed by atoms with Gasteiger partial charge in [-0.25, -0.2) is 13.2 Å². The van der Waals surface area contributed by atoms with Crippen LogP contribution in [0, 0.1) is 17.5 Å². The molecule has 3 aromatic rings. The van der Waals surface area contributed by atoms with Gasteiger partial charge >= 0.3 is 0 Å². The predicted octanol–water partition coefficient (Wildman–Crippen LogP) is 6.97. The van der Waals surface area contributed by atoms with Gasteiger partial charge in [0.1, 0.15) is 5.82 Å². The Balaban J connectivity index is 1.76. The van der Waals surface area contributed by atoms with Crippen LogP contribution < -0.4 is 0 Å². The molecule has 4 rings (SSSR count). The molecule has 25 heavy (non-hydrogen) atoms. The summed E-state index contributed by atoms with van der Waals surface area (Å²) in [4.78, 5) is 0. The van der Waals surface area contributed by atoms with Crippen molar-refractivity contribution in [1.29, 1.82) is 0 Å². The molecule has 0 aliphatic heterocycles. The monoisotopic (exact) mass is 340 g/mol. The largest absolute Gasteiger partial charge is 0.206 e. The Morgan fingerprint density at radius 1 is 0.720 bits per heavy atom. The maximum atomic E-state index is 14.9. The highest BCUT2D eigenvalue weighted by Gasteiger charge is 2.17. The normalized spacial score (nSPS) is 15.6. The van der Waals surface area contributed by atoms with Gasteiger partial charge in [-0.3, -0.25) is 0 Å². The van der Waals surface area contributed by atoms with Crippen molar-refractivity contribution in [3.63, 3.8) is 0 Å². The molecule has 1 fully saturated rings. The fourth-order valence-electron chi connectivity index (χ4n) is 3.89. The van der Waals surface area contributed by atoms with Crippen LogP contribution in [-0.2, 0) is 0 Å². The second-order valence-electron chi connectivity index (χ2n) is 6.87. The molecule has 0 atom stereocenters. The summed E-state index contributed by atoms with van der Waals surface area (Å²) in [6, 6.07) is 12.9. The van der Waals surface area contributed by atoms with E-state index >= 15 is 0 Å². The third-order valence-electron chi connectivity index (χ3n) is 5.29. The third-order valence-corrected chi connectivity index (χ3v) is 5.29. The first-order chi connectivity index (χ1) is 12.1. The van der Waals surface area contributed by atoms with E-state index in [4.69, 9.17) is 0 Å². The first-order valence-corrected chi connectivity index (χ1v) is 8.81. The molecule has 0 nitrogen and oxygen atoms in total. The summed E-state index contributed by atoms with van der Waals surface area (Å²) in [5.74, 6) is -1.72. The second-order valence-corrected chi connectivity index (χ2v) is 6.87. The molecule has 0 spiro atoms. The number of benzene rings is 3. The zero-order valence-corrected chi connectivity index (χ0v) is 13.9. The molecular weight excluding hydrogens is 321 g/mol. The van der Waals surface area contributed by atoms with Gasteiger partial charge in [-0.15, -0.1) is 0 Å². The van der Waals surface area contributed by atoms with E-state index in [-0.39, 0.29) is 5.56 Å². The van der Waals surface area contributed by atoms with Crippen molar-refractivity contribution in [2.45, 2.75) is 38.0 Å². The van der Waals surface area contributed by atoms with Gasteiger partial charge in [0.25, 0.3) is 0 Å². The van der Waals surface area contributed by atoms with Crippen LogP contribution in [0.5, 0.6) is 0 Å². The highest BCUT2D eigenvalue weighted by molar-refractivity contribution is 5.88. The molecule has 0 amide bonds. The molecule has 1 saturated carbocycles.